The predicted octanol–water partition coefficient (Wildman–Crippen LogP) is 3.76. The van der Waals surface area contributed by atoms with E-state index in [2.05, 4.69) is 22.0 Å². The molecule has 0 aliphatic carbocycles. The molecule has 1 fully saturated rings. The smallest absolute Gasteiger partial charge is 0.254 e. The van der Waals surface area contributed by atoms with Gasteiger partial charge in [-0.1, -0.05) is 13.3 Å². The Morgan fingerprint density at radius 3 is 2.15 bits per heavy atom. The number of amides is 2. The quantitative estimate of drug-likeness (QED) is 0.358. The fraction of sp³-hybridized carbons (Fsp3) is 0.400. The van der Waals surface area contributed by atoms with Crippen LogP contribution in [0.25, 0.3) is 11.3 Å². The van der Waals surface area contributed by atoms with Gasteiger partial charge in [-0.25, -0.2) is 0 Å². The summed E-state index contributed by atoms with van der Waals surface area (Å²) in [6.07, 6.45) is 1.77. The van der Waals surface area contributed by atoms with Gasteiger partial charge < -0.3 is 28.9 Å². The molecular weight excluding hydrogens is 510 g/mol. The molecule has 3 aromatic rings. The zero-order valence-electron chi connectivity index (χ0n) is 23.6. The van der Waals surface area contributed by atoms with Crippen LogP contribution in [0.1, 0.15) is 30.1 Å². The Labute approximate surface area is 235 Å². The van der Waals surface area contributed by atoms with Gasteiger partial charge in [-0.05, 0) is 55.0 Å². The molecule has 0 N–H and O–H groups in total. The Bertz CT molecular complexity index is 1270. The van der Waals surface area contributed by atoms with Gasteiger partial charge in [-0.2, -0.15) is 0 Å². The summed E-state index contributed by atoms with van der Waals surface area (Å²) >= 11 is 0. The number of anilines is 1. The Hall–Kier alpha value is -4.34. The maximum atomic E-state index is 13.2. The minimum absolute atomic E-state index is 0.0503. The van der Waals surface area contributed by atoms with Crippen molar-refractivity contribution in [3.63, 3.8) is 0 Å². The standard InChI is InChI=1S/C30H37N5O5/c1-5-6-15-35(30(37)22-7-9-23(38-2)10-8-22)21-29(36)34-18-16-33(17-19-34)28-14-13-26(31-32-28)25-12-11-24(39-3)20-27(25)40-4/h7-14,20H,5-6,15-19,21H2,1-4H3. The van der Waals surface area contributed by atoms with Crippen LogP contribution in [-0.2, 0) is 4.79 Å². The van der Waals surface area contributed by atoms with Gasteiger partial charge in [0.05, 0.1) is 27.0 Å². The Balaban J connectivity index is 1.36. The molecule has 2 amide bonds. The molecule has 2 aromatic carbocycles. The number of methoxy groups -OCH3 is 3. The highest BCUT2D eigenvalue weighted by Crippen LogP contribution is 2.32. The highest BCUT2D eigenvalue weighted by Gasteiger charge is 2.26. The van der Waals surface area contributed by atoms with Crippen LogP contribution in [0.5, 0.6) is 17.2 Å². The van der Waals surface area contributed by atoms with Crippen molar-refractivity contribution >= 4 is 17.6 Å². The molecule has 0 unspecified atom stereocenters. The lowest BCUT2D eigenvalue weighted by atomic mass is 10.1. The van der Waals surface area contributed by atoms with Crippen molar-refractivity contribution in [3.8, 4) is 28.5 Å². The summed E-state index contributed by atoms with van der Waals surface area (Å²) in [5.74, 6) is 2.61. The Morgan fingerprint density at radius 2 is 1.55 bits per heavy atom. The van der Waals surface area contributed by atoms with Crippen LogP contribution in [0.15, 0.2) is 54.6 Å². The van der Waals surface area contributed by atoms with Crippen LogP contribution in [-0.4, -0.2) is 92.4 Å². The van der Waals surface area contributed by atoms with Gasteiger partial charge in [0.1, 0.15) is 23.8 Å². The summed E-state index contributed by atoms with van der Waals surface area (Å²) in [5.41, 5.74) is 2.07. The van der Waals surface area contributed by atoms with E-state index in [4.69, 9.17) is 14.2 Å². The molecule has 0 spiro atoms. The molecule has 1 aliphatic heterocycles. The second kappa shape index (κ2) is 13.6. The van der Waals surface area contributed by atoms with Crippen molar-refractivity contribution in [1.29, 1.82) is 0 Å². The van der Waals surface area contributed by atoms with Crippen LogP contribution >= 0.6 is 0 Å². The summed E-state index contributed by atoms with van der Waals surface area (Å²) in [4.78, 5) is 32.0. The normalized spacial score (nSPS) is 13.1. The van der Waals surface area contributed by atoms with Crippen molar-refractivity contribution in [2.75, 3.05) is 65.5 Å². The molecule has 1 aromatic heterocycles. The molecule has 4 rings (SSSR count). The maximum Gasteiger partial charge on any atom is 0.254 e. The number of benzene rings is 2. The number of piperazine rings is 1. The third-order valence-corrected chi connectivity index (χ3v) is 7.02. The van der Waals surface area contributed by atoms with Gasteiger partial charge in [0.2, 0.25) is 5.91 Å². The first kappa shape index (κ1) is 28.7. The van der Waals surface area contributed by atoms with E-state index in [1.54, 1.807) is 50.5 Å². The van der Waals surface area contributed by atoms with E-state index in [1.165, 1.54) is 0 Å². The van der Waals surface area contributed by atoms with Crippen molar-refractivity contribution in [3.05, 3.63) is 60.2 Å². The fourth-order valence-corrected chi connectivity index (χ4v) is 4.61. The molecule has 2 heterocycles. The minimum atomic E-state index is -0.146. The Morgan fingerprint density at radius 1 is 0.850 bits per heavy atom. The average Bonchev–Trinajstić information content (AvgIpc) is 3.02. The third-order valence-electron chi connectivity index (χ3n) is 7.02. The number of carbonyl (C=O) groups is 2. The van der Waals surface area contributed by atoms with Crippen molar-refractivity contribution in [2.45, 2.75) is 19.8 Å². The van der Waals surface area contributed by atoms with Gasteiger partial charge in [0.25, 0.3) is 5.91 Å². The molecule has 10 nitrogen and oxygen atoms in total. The zero-order chi connectivity index (χ0) is 28.5. The summed E-state index contributed by atoms with van der Waals surface area (Å²) in [6.45, 7) is 5.02. The molecule has 0 radical (unpaired) electrons. The largest absolute Gasteiger partial charge is 0.497 e. The first-order valence-electron chi connectivity index (χ1n) is 13.5. The Kier molecular flexibility index (Phi) is 9.77. The van der Waals surface area contributed by atoms with Crippen molar-refractivity contribution in [2.24, 2.45) is 0 Å². The summed E-state index contributed by atoms with van der Waals surface area (Å²) in [7, 11) is 4.81. The second-order valence-electron chi connectivity index (χ2n) is 9.52. The number of carbonyl (C=O) groups excluding carboxylic acids is 2. The van der Waals surface area contributed by atoms with Crippen LogP contribution in [0, 0.1) is 0 Å². The highest BCUT2D eigenvalue weighted by atomic mass is 16.5. The van der Waals surface area contributed by atoms with E-state index in [9.17, 15) is 9.59 Å². The van der Waals surface area contributed by atoms with Crippen LogP contribution < -0.4 is 19.1 Å². The van der Waals surface area contributed by atoms with Crippen LogP contribution in [0.4, 0.5) is 5.82 Å². The molecule has 10 heteroatoms. The summed E-state index contributed by atoms with van der Waals surface area (Å²) < 4.78 is 16.0. The van der Waals surface area contributed by atoms with E-state index in [0.717, 1.165) is 24.2 Å². The van der Waals surface area contributed by atoms with Crippen molar-refractivity contribution in [1.82, 2.24) is 20.0 Å². The monoisotopic (exact) mass is 547 g/mol. The third kappa shape index (κ3) is 6.80. The second-order valence-corrected chi connectivity index (χ2v) is 9.52. The maximum absolute atomic E-state index is 13.2. The summed E-state index contributed by atoms with van der Waals surface area (Å²) in [5, 5.41) is 8.87. The predicted molar refractivity (Wildman–Crippen MR) is 153 cm³/mol. The molecule has 0 saturated carbocycles. The lowest BCUT2D eigenvalue weighted by Crippen LogP contribution is -2.52. The van der Waals surface area contributed by atoms with Gasteiger partial charge in [-0.3, -0.25) is 9.59 Å². The van der Waals surface area contributed by atoms with Crippen LogP contribution in [0.2, 0.25) is 0 Å². The number of hydrogen-bond acceptors (Lipinski definition) is 8. The summed E-state index contributed by atoms with van der Waals surface area (Å²) in [6, 6.07) is 16.4. The number of aromatic nitrogens is 2. The van der Waals surface area contributed by atoms with E-state index in [-0.39, 0.29) is 18.4 Å². The number of unbranched alkanes of at least 4 members (excludes halogenated alkanes) is 1. The van der Waals surface area contributed by atoms with E-state index < -0.39 is 0 Å². The lowest BCUT2D eigenvalue weighted by molar-refractivity contribution is -0.132. The van der Waals surface area contributed by atoms with Gasteiger partial charge >= 0.3 is 0 Å². The molecule has 1 aliphatic rings. The highest BCUT2D eigenvalue weighted by molar-refractivity contribution is 5.96. The fourth-order valence-electron chi connectivity index (χ4n) is 4.61. The zero-order valence-corrected chi connectivity index (χ0v) is 23.6. The first-order valence-corrected chi connectivity index (χ1v) is 13.5. The molecule has 212 valence electrons. The van der Waals surface area contributed by atoms with E-state index >= 15 is 0 Å². The number of ether oxygens (including phenoxy) is 3. The first-order chi connectivity index (χ1) is 19.5. The number of rotatable bonds is 11. The topological polar surface area (TPSA) is 97.3 Å². The average molecular weight is 548 g/mol. The minimum Gasteiger partial charge on any atom is -0.497 e. The molecule has 40 heavy (non-hydrogen) atoms. The number of hydrogen-bond donors (Lipinski definition) is 0. The molecule has 1 saturated heterocycles. The van der Waals surface area contributed by atoms with E-state index in [0.29, 0.717) is 61.2 Å². The molecule has 0 atom stereocenters. The van der Waals surface area contributed by atoms with Gasteiger partial charge in [0, 0.05) is 49.9 Å². The lowest BCUT2D eigenvalue weighted by Gasteiger charge is -2.36. The van der Waals surface area contributed by atoms with Crippen molar-refractivity contribution < 1.29 is 23.8 Å². The number of nitrogens with zero attached hydrogens (tertiary/aromatic N) is 5. The molecule has 0 bridgehead atoms. The molecular formula is C30H37N5O5. The van der Waals surface area contributed by atoms with Crippen LogP contribution in [0.3, 0.4) is 0 Å². The van der Waals surface area contributed by atoms with Gasteiger partial charge in [0.15, 0.2) is 5.82 Å². The SMILES string of the molecule is CCCCN(CC(=O)N1CCN(c2ccc(-c3ccc(OC)cc3OC)nn2)CC1)C(=O)c1ccc(OC)cc1. The van der Waals surface area contributed by atoms with E-state index in [1.807, 2.05) is 35.2 Å². The van der Waals surface area contributed by atoms with Gasteiger partial charge in [-0.15, -0.1) is 10.2 Å².